The van der Waals surface area contributed by atoms with Gasteiger partial charge in [0.1, 0.15) is 22.3 Å². The van der Waals surface area contributed by atoms with Gasteiger partial charge < -0.3 is 8.83 Å². The summed E-state index contributed by atoms with van der Waals surface area (Å²) in [5, 5.41) is 4.41. The van der Waals surface area contributed by atoms with Crippen molar-refractivity contribution in [1.82, 2.24) is 15.0 Å². The third kappa shape index (κ3) is 4.50. The highest BCUT2D eigenvalue weighted by Crippen LogP contribution is 2.71. The summed E-state index contributed by atoms with van der Waals surface area (Å²) in [7, 11) is 0. The molecule has 4 bridgehead atoms. The Kier molecular flexibility index (Phi) is 6.67. The minimum absolute atomic E-state index is 0.0520. The largest absolute Gasteiger partial charge is 0.456 e. The molecule has 3 heterocycles. The first-order chi connectivity index (χ1) is 29.7. The van der Waals surface area contributed by atoms with Gasteiger partial charge in [0, 0.05) is 49.2 Å². The zero-order chi connectivity index (χ0) is 39.1. The van der Waals surface area contributed by atoms with E-state index < -0.39 is 0 Å². The van der Waals surface area contributed by atoms with Crippen LogP contribution in [0.25, 0.3) is 100 Å². The fourth-order valence-corrected chi connectivity index (χ4v) is 12.8. The molecule has 0 atom stereocenters. The van der Waals surface area contributed by atoms with E-state index in [4.69, 9.17) is 23.8 Å². The highest BCUT2D eigenvalue weighted by molar-refractivity contribution is 6.11. The molecule has 1 spiro atoms. The van der Waals surface area contributed by atoms with Crippen LogP contribution in [-0.2, 0) is 5.41 Å². The number of aromatic nitrogens is 3. The van der Waals surface area contributed by atoms with Crippen LogP contribution >= 0.6 is 0 Å². The molecule has 0 saturated heterocycles. The van der Waals surface area contributed by atoms with E-state index >= 15 is 0 Å². The number of furan rings is 2. The summed E-state index contributed by atoms with van der Waals surface area (Å²) in [6.07, 6.45) is 6.65. The van der Waals surface area contributed by atoms with E-state index in [2.05, 4.69) is 115 Å². The van der Waals surface area contributed by atoms with Crippen molar-refractivity contribution in [1.29, 1.82) is 0 Å². The minimum Gasteiger partial charge on any atom is -0.456 e. The van der Waals surface area contributed by atoms with Gasteiger partial charge in [0.2, 0.25) is 0 Å². The van der Waals surface area contributed by atoms with Crippen molar-refractivity contribution in [2.45, 2.75) is 37.5 Å². The molecule has 0 aliphatic heterocycles. The predicted octanol–water partition coefficient (Wildman–Crippen LogP) is 14.1. The maximum absolute atomic E-state index is 6.88. The molecule has 10 aromatic rings. The lowest BCUT2D eigenvalue weighted by molar-refractivity contribution is -0.0397. The zero-order valence-corrected chi connectivity index (χ0v) is 32.9. The smallest absolute Gasteiger partial charge is 0.164 e. The van der Waals surface area contributed by atoms with E-state index in [0.717, 1.165) is 78.0 Å². The maximum Gasteiger partial charge on any atom is 0.164 e. The van der Waals surface area contributed by atoms with Crippen LogP contribution in [-0.4, -0.2) is 15.0 Å². The van der Waals surface area contributed by atoms with Gasteiger partial charge in [0.05, 0.1) is 0 Å². The van der Waals surface area contributed by atoms with E-state index in [-0.39, 0.29) is 5.41 Å². The average Bonchev–Trinajstić information content (AvgIpc) is 3.96. The van der Waals surface area contributed by atoms with Crippen LogP contribution in [0.1, 0.15) is 43.2 Å². The van der Waals surface area contributed by atoms with E-state index in [1.54, 1.807) is 0 Å². The summed E-state index contributed by atoms with van der Waals surface area (Å²) in [6.45, 7) is 0. The molecule has 7 aromatic carbocycles. The lowest BCUT2D eigenvalue weighted by Gasteiger charge is -2.61. The Balaban J connectivity index is 1.06. The third-order valence-electron chi connectivity index (χ3n) is 14.9. The third-order valence-corrected chi connectivity index (χ3v) is 14.9. The minimum atomic E-state index is -0.0520. The van der Waals surface area contributed by atoms with Crippen molar-refractivity contribution in [3.05, 3.63) is 163 Å². The van der Waals surface area contributed by atoms with Crippen LogP contribution in [0.2, 0.25) is 0 Å². The lowest BCUT2D eigenvalue weighted by Crippen LogP contribution is -2.55. The summed E-state index contributed by atoms with van der Waals surface area (Å²) in [4.78, 5) is 15.9. The number of benzene rings is 7. The van der Waals surface area contributed by atoms with E-state index in [1.165, 1.54) is 59.9 Å². The summed E-state index contributed by atoms with van der Waals surface area (Å²) >= 11 is 0. The molecule has 5 heteroatoms. The first kappa shape index (κ1) is 33.0. The van der Waals surface area contributed by atoms with Crippen LogP contribution in [0, 0.1) is 23.7 Å². The molecule has 3 aromatic heterocycles. The average molecular weight is 774 g/mol. The van der Waals surface area contributed by atoms with Gasteiger partial charge in [0.15, 0.2) is 17.5 Å². The molecule has 5 aliphatic rings. The normalized spacial score (nSPS) is 22.4. The van der Waals surface area contributed by atoms with Gasteiger partial charge in [-0.1, -0.05) is 109 Å². The predicted molar refractivity (Wildman–Crippen MR) is 239 cm³/mol. The Morgan fingerprint density at radius 3 is 1.73 bits per heavy atom. The van der Waals surface area contributed by atoms with E-state index in [0.29, 0.717) is 29.3 Å². The van der Waals surface area contributed by atoms with Gasteiger partial charge in [-0.25, -0.2) is 15.0 Å². The van der Waals surface area contributed by atoms with Crippen LogP contribution in [0.3, 0.4) is 0 Å². The standard InChI is InChI=1S/C55H39N3O2/c1-2-11-33(12-3-1)52-56-53(34-21-22-49-43(28-34)40-15-6-8-19-47(40)59-49)58-54(57-52)35-29-44-38-13-4-7-18-46(38)55(36-24-31-23-32(26-36)27-37(55)25-31)50(44)45(30-35)42-17-10-16-41-39-14-5-9-20-48(39)60-51(41)42/h1-22,28-32,36-37H,23-27H2. The van der Waals surface area contributed by atoms with Crippen molar-refractivity contribution in [2.75, 3.05) is 0 Å². The van der Waals surface area contributed by atoms with Gasteiger partial charge in [-0.15, -0.1) is 0 Å². The van der Waals surface area contributed by atoms with Crippen molar-refractivity contribution >= 4 is 43.9 Å². The number of fused-ring (bicyclic) bond motifs is 9. The van der Waals surface area contributed by atoms with Gasteiger partial charge in [-0.3, -0.25) is 0 Å². The second kappa shape index (κ2) is 12.1. The second-order valence-electron chi connectivity index (χ2n) is 17.9. The molecule has 0 radical (unpaired) electrons. The molecule has 0 N–H and O–H groups in total. The fraction of sp³-hybridized carbons (Fsp3) is 0.182. The Morgan fingerprint density at radius 1 is 0.400 bits per heavy atom. The number of hydrogen-bond donors (Lipinski definition) is 0. The van der Waals surface area contributed by atoms with Crippen LogP contribution in [0.4, 0.5) is 0 Å². The summed E-state index contributed by atoms with van der Waals surface area (Å²) in [6, 6.07) is 54.1. The highest BCUT2D eigenvalue weighted by Gasteiger charge is 2.62. The van der Waals surface area contributed by atoms with Crippen molar-refractivity contribution in [3.8, 4) is 56.4 Å². The zero-order valence-electron chi connectivity index (χ0n) is 32.9. The topological polar surface area (TPSA) is 65.0 Å². The van der Waals surface area contributed by atoms with Crippen LogP contribution < -0.4 is 0 Å². The molecule has 4 fully saturated rings. The fourth-order valence-electron chi connectivity index (χ4n) is 12.8. The quantitative estimate of drug-likeness (QED) is 0.178. The molecule has 0 unspecified atom stereocenters. The molecule has 5 nitrogen and oxygen atoms in total. The molecule has 286 valence electrons. The second-order valence-corrected chi connectivity index (χ2v) is 17.9. The summed E-state index contributed by atoms with van der Waals surface area (Å²) in [5.41, 5.74) is 14.4. The maximum atomic E-state index is 6.88. The van der Waals surface area contributed by atoms with Crippen molar-refractivity contribution < 1.29 is 8.83 Å². The number of rotatable bonds is 4. The molecular weight excluding hydrogens is 735 g/mol. The first-order valence-corrected chi connectivity index (χ1v) is 21.6. The van der Waals surface area contributed by atoms with E-state index in [1.807, 2.05) is 36.4 Å². The molecular formula is C55H39N3O2. The Bertz CT molecular complexity index is 3380. The molecule has 60 heavy (non-hydrogen) atoms. The van der Waals surface area contributed by atoms with Gasteiger partial charge in [0.25, 0.3) is 0 Å². The lowest BCUT2D eigenvalue weighted by atomic mass is 9.42. The first-order valence-electron chi connectivity index (χ1n) is 21.6. The molecule has 0 amide bonds. The van der Waals surface area contributed by atoms with Crippen molar-refractivity contribution in [2.24, 2.45) is 23.7 Å². The van der Waals surface area contributed by atoms with Crippen LogP contribution in [0.15, 0.2) is 160 Å². The SMILES string of the molecule is c1ccc(-c2nc(-c3cc4c(c(-c5cccc6c5oc5ccccc56)c3)C3(c5ccccc5-4)C4CC5CC(C4)CC3C5)nc(-c3ccc4oc5ccccc5c4c3)n2)cc1. The Hall–Kier alpha value is -6.85. The monoisotopic (exact) mass is 773 g/mol. The summed E-state index contributed by atoms with van der Waals surface area (Å²) in [5.74, 6) is 4.83. The van der Waals surface area contributed by atoms with E-state index in [9.17, 15) is 0 Å². The molecule has 4 saturated carbocycles. The Morgan fingerprint density at radius 2 is 0.967 bits per heavy atom. The van der Waals surface area contributed by atoms with Gasteiger partial charge >= 0.3 is 0 Å². The highest BCUT2D eigenvalue weighted by atomic mass is 16.3. The molecule has 15 rings (SSSR count). The number of nitrogens with zero attached hydrogens (tertiary/aromatic N) is 3. The van der Waals surface area contributed by atoms with Gasteiger partial charge in [-0.2, -0.15) is 0 Å². The number of hydrogen-bond acceptors (Lipinski definition) is 5. The van der Waals surface area contributed by atoms with Gasteiger partial charge in [-0.05, 0) is 126 Å². The molecule has 5 aliphatic carbocycles. The van der Waals surface area contributed by atoms with Crippen molar-refractivity contribution in [3.63, 3.8) is 0 Å². The number of para-hydroxylation sites is 3. The summed E-state index contributed by atoms with van der Waals surface area (Å²) < 4.78 is 13.1. The Labute approximate surface area is 346 Å². The van der Waals surface area contributed by atoms with Crippen LogP contribution in [0.5, 0.6) is 0 Å².